The van der Waals surface area contributed by atoms with Gasteiger partial charge in [-0.3, -0.25) is 24.2 Å². The standard InChI is InChI=1S/C29H33ClN10O4S/c1-16-11-20(17(2)34-23-5-6-24(30)35-26(23)27(41)37-45(4,43)44)25-21(12-16)28(42)38(3)29(36-25)39-9-7-19(8-10-39)40-15-18(14-33-40)22(32)13-31/h5-6,11-15,17,19,31-32,34H,7-10H2,1-4H3,(H,37,41)/t17-/m1/s1. The highest BCUT2D eigenvalue weighted by Gasteiger charge is 2.26. The molecule has 1 aromatic carbocycles. The van der Waals surface area contributed by atoms with Gasteiger partial charge in [-0.25, -0.2) is 23.1 Å². The third-order valence-corrected chi connectivity index (χ3v) is 8.47. The van der Waals surface area contributed by atoms with Crippen LogP contribution in [0.25, 0.3) is 10.9 Å². The molecule has 1 aliphatic rings. The molecule has 3 aromatic heterocycles. The van der Waals surface area contributed by atoms with Crippen LogP contribution < -0.4 is 20.5 Å². The zero-order chi connectivity index (χ0) is 32.6. The quantitative estimate of drug-likeness (QED) is 0.155. The van der Waals surface area contributed by atoms with Gasteiger partial charge in [0, 0.05) is 43.7 Å². The van der Waals surface area contributed by atoms with Crippen LogP contribution in [0.15, 0.2) is 41.5 Å². The van der Waals surface area contributed by atoms with E-state index in [4.69, 9.17) is 27.4 Å². The Balaban J connectivity index is 1.46. The zero-order valence-electron chi connectivity index (χ0n) is 25.1. The molecule has 4 heterocycles. The fourth-order valence-electron chi connectivity index (χ4n) is 5.50. The van der Waals surface area contributed by atoms with Gasteiger partial charge in [-0.2, -0.15) is 5.10 Å². The Labute approximate surface area is 264 Å². The van der Waals surface area contributed by atoms with Gasteiger partial charge in [-0.15, -0.1) is 0 Å². The van der Waals surface area contributed by atoms with Gasteiger partial charge < -0.3 is 15.6 Å². The van der Waals surface area contributed by atoms with Crippen molar-refractivity contribution < 1.29 is 13.2 Å². The number of aryl methyl sites for hydroxylation is 1. The van der Waals surface area contributed by atoms with Gasteiger partial charge >= 0.3 is 0 Å². The second-order valence-corrected chi connectivity index (χ2v) is 13.2. The van der Waals surface area contributed by atoms with Gasteiger partial charge in [0.2, 0.25) is 16.0 Å². The van der Waals surface area contributed by atoms with E-state index in [2.05, 4.69) is 20.3 Å². The molecule has 4 N–H and O–H groups in total. The van der Waals surface area contributed by atoms with E-state index in [1.54, 1.807) is 36.1 Å². The molecule has 0 unspecified atom stereocenters. The highest BCUT2D eigenvalue weighted by molar-refractivity contribution is 7.89. The van der Waals surface area contributed by atoms with E-state index in [1.165, 1.54) is 6.07 Å². The molecule has 0 saturated carbocycles. The van der Waals surface area contributed by atoms with Crippen molar-refractivity contribution in [3.05, 3.63) is 74.6 Å². The van der Waals surface area contributed by atoms with E-state index in [1.807, 2.05) is 29.3 Å². The molecule has 1 atom stereocenters. The molecule has 4 aromatic rings. The lowest BCUT2D eigenvalue weighted by molar-refractivity contribution is 0.0977. The van der Waals surface area contributed by atoms with Gasteiger partial charge in [0.25, 0.3) is 11.5 Å². The summed E-state index contributed by atoms with van der Waals surface area (Å²) in [4.78, 5) is 37.5. The molecule has 0 spiro atoms. The topological polar surface area (TPSA) is 192 Å². The number of anilines is 2. The molecule has 45 heavy (non-hydrogen) atoms. The molecule has 0 bridgehead atoms. The van der Waals surface area contributed by atoms with Crippen molar-refractivity contribution in [1.29, 1.82) is 10.8 Å². The van der Waals surface area contributed by atoms with Gasteiger partial charge in [0.1, 0.15) is 5.15 Å². The van der Waals surface area contributed by atoms with E-state index in [0.29, 0.717) is 41.1 Å². The maximum atomic E-state index is 13.7. The van der Waals surface area contributed by atoms with Crippen LogP contribution in [0, 0.1) is 17.7 Å². The largest absolute Gasteiger partial charge is 0.377 e. The molecule has 1 amide bonds. The van der Waals surface area contributed by atoms with Crippen molar-refractivity contribution >= 4 is 62.0 Å². The molecule has 16 heteroatoms. The summed E-state index contributed by atoms with van der Waals surface area (Å²) in [5, 5.41) is 23.3. The second-order valence-electron chi connectivity index (χ2n) is 11.1. The first-order chi connectivity index (χ1) is 21.3. The fraction of sp³-hybridized carbons (Fsp3) is 0.345. The number of carbonyl (C=O) groups is 1. The smallest absolute Gasteiger partial charge is 0.285 e. The Morgan fingerprint density at radius 1 is 1.20 bits per heavy atom. The number of piperidine rings is 1. The van der Waals surface area contributed by atoms with Crippen LogP contribution >= 0.6 is 11.6 Å². The summed E-state index contributed by atoms with van der Waals surface area (Å²) in [5.74, 6) is -0.405. The summed E-state index contributed by atoms with van der Waals surface area (Å²) in [7, 11) is -2.14. The van der Waals surface area contributed by atoms with Crippen LogP contribution in [0.1, 0.15) is 59.0 Å². The number of benzene rings is 1. The summed E-state index contributed by atoms with van der Waals surface area (Å²) >= 11 is 6.03. The first kappa shape index (κ1) is 31.8. The normalized spacial score (nSPS) is 14.7. The summed E-state index contributed by atoms with van der Waals surface area (Å²) in [5.41, 5.74) is 2.62. The third-order valence-electron chi connectivity index (χ3n) is 7.70. The molecule has 1 saturated heterocycles. The van der Waals surface area contributed by atoms with Crippen LogP contribution in [0.3, 0.4) is 0 Å². The number of fused-ring (bicyclic) bond motifs is 1. The number of nitrogens with zero attached hydrogens (tertiary/aromatic N) is 6. The molecular weight excluding hydrogens is 620 g/mol. The lowest BCUT2D eigenvalue weighted by atomic mass is 10.0. The summed E-state index contributed by atoms with van der Waals surface area (Å²) in [6.07, 6.45) is 6.72. The van der Waals surface area contributed by atoms with Crippen molar-refractivity contribution in [3.8, 4) is 0 Å². The van der Waals surface area contributed by atoms with Crippen LogP contribution in [0.4, 0.5) is 11.6 Å². The number of sulfonamides is 1. The first-order valence-corrected chi connectivity index (χ1v) is 16.4. The Morgan fingerprint density at radius 2 is 1.91 bits per heavy atom. The number of pyridine rings is 1. The average molecular weight is 653 g/mol. The molecule has 236 valence electrons. The van der Waals surface area contributed by atoms with Crippen LogP contribution in [-0.2, 0) is 17.1 Å². The minimum absolute atomic E-state index is 0.0188. The molecule has 1 aliphatic heterocycles. The number of nitrogens with one attached hydrogen (secondary N) is 4. The maximum absolute atomic E-state index is 13.7. The number of hydrogen-bond acceptors (Lipinski definition) is 11. The van der Waals surface area contributed by atoms with Crippen molar-refractivity contribution in [2.45, 2.75) is 38.8 Å². The Bertz CT molecular complexity index is 2000. The zero-order valence-corrected chi connectivity index (χ0v) is 26.7. The van der Waals surface area contributed by atoms with E-state index in [0.717, 1.165) is 30.9 Å². The fourth-order valence-corrected chi connectivity index (χ4v) is 6.08. The minimum atomic E-state index is -3.85. The lowest BCUT2D eigenvalue weighted by Gasteiger charge is -2.33. The average Bonchev–Trinajstić information content (AvgIpc) is 3.49. The third kappa shape index (κ3) is 6.73. The minimum Gasteiger partial charge on any atom is -0.377 e. The van der Waals surface area contributed by atoms with E-state index in [-0.39, 0.29) is 33.8 Å². The van der Waals surface area contributed by atoms with E-state index < -0.39 is 22.0 Å². The van der Waals surface area contributed by atoms with Crippen LogP contribution in [0.5, 0.6) is 0 Å². The van der Waals surface area contributed by atoms with Gasteiger partial charge in [-0.05, 0) is 50.5 Å². The predicted octanol–water partition coefficient (Wildman–Crippen LogP) is 3.21. The van der Waals surface area contributed by atoms with Crippen molar-refractivity contribution in [3.63, 3.8) is 0 Å². The number of amides is 1. The number of aromatic nitrogens is 5. The number of carbonyl (C=O) groups excluding carboxylic acids is 1. The highest BCUT2D eigenvalue weighted by atomic mass is 35.5. The summed E-state index contributed by atoms with van der Waals surface area (Å²) < 4.78 is 28.7. The Morgan fingerprint density at radius 3 is 2.58 bits per heavy atom. The summed E-state index contributed by atoms with van der Waals surface area (Å²) in [6, 6.07) is 6.37. The first-order valence-electron chi connectivity index (χ1n) is 14.1. The van der Waals surface area contributed by atoms with E-state index in [9.17, 15) is 18.0 Å². The van der Waals surface area contributed by atoms with Gasteiger partial charge in [-0.1, -0.05) is 17.7 Å². The maximum Gasteiger partial charge on any atom is 0.285 e. The number of rotatable bonds is 9. The number of hydrogen-bond donors (Lipinski definition) is 4. The molecule has 0 radical (unpaired) electrons. The van der Waals surface area contributed by atoms with Crippen molar-refractivity contribution in [1.82, 2.24) is 29.0 Å². The molecular formula is C29H33ClN10O4S. The van der Waals surface area contributed by atoms with Gasteiger partial charge in [0.05, 0.1) is 46.8 Å². The Hall–Kier alpha value is -4.63. The second kappa shape index (κ2) is 12.4. The van der Waals surface area contributed by atoms with Gasteiger partial charge in [0.15, 0.2) is 5.69 Å². The SMILES string of the molecule is Cc1cc([C@@H](C)Nc2ccc(Cl)nc2C(=O)NS(C)(=O)=O)c2nc(N3CCC(n4cc(C(=N)C=N)cn4)CC3)n(C)c(=O)c2c1. The predicted molar refractivity (Wildman–Crippen MR) is 174 cm³/mol. The molecule has 1 fully saturated rings. The Kier molecular flexibility index (Phi) is 8.76. The lowest BCUT2D eigenvalue weighted by Crippen LogP contribution is -2.39. The monoisotopic (exact) mass is 652 g/mol. The molecule has 5 rings (SSSR count). The molecule has 0 aliphatic carbocycles. The van der Waals surface area contributed by atoms with E-state index >= 15 is 0 Å². The summed E-state index contributed by atoms with van der Waals surface area (Å²) in [6.45, 7) is 4.98. The van der Waals surface area contributed by atoms with Crippen molar-refractivity contribution in [2.75, 3.05) is 29.6 Å². The van der Waals surface area contributed by atoms with Crippen LogP contribution in [0.2, 0.25) is 5.15 Å². The van der Waals surface area contributed by atoms with Crippen LogP contribution in [-0.4, -0.2) is 69.9 Å². The van der Waals surface area contributed by atoms with Crippen molar-refractivity contribution in [2.24, 2.45) is 7.05 Å². The number of halogens is 1. The molecule has 14 nitrogen and oxygen atoms in total. The highest BCUT2D eigenvalue weighted by Crippen LogP contribution is 2.31.